The van der Waals surface area contributed by atoms with Gasteiger partial charge in [0.1, 0.15) is 29.5 Å². The maximum Gasteiger partial charge on any atom is 0.414 e. The van der Waals surface area contributed by atoms with Crippen LogP contribution in [0.2, 0.25) is 0 Å². The molecule has 0 aliphatic rings. The summed E-state index contributed by atoms with van der Waals surface area (Å²) in [6, 6.07) is 22.7. The summed E-state index contributed by atoms with van der Waals surface area (Å²) in [6.07, 6.45) is -3.75. The molecule has 0 aliphatic heterocycles. The molecule has 0 saturated carbocycles. The normalized spacial score (nSPS) is 11.7. The summed E-state index contributed by atoms with van der Waals surface area (Å²) in [6.45, 7) is 6.14. The fourth-order valence-corrected chi connectivity index (χ4v) is 4.92. The largest absolute Gasteiger partial charge is 0.489 e. The molecule has 2 aromatic heterocycles. The number of carboxylic acid groups (broad SMARTS) is 1. The van der Waals surface area contributed by atoms with E-state index in [1.165, 1.54) is 18.3 Å². The van der Waals surface area contributed by atoms with Crippen LogP contribution in [0, 0.1) is 6.92 Å². The Kier molecular flexibility index (Phi) is 9.64. The van der Waals surface area contributed by atoms with Gasteiger partial charge in [-0.3, -0.25) is 9.30 Å². The zero-order chi connectivity index (χ0) is 34.6. The first-order chi connectivity index (χ1) is 22.7. The zero-order valence-corrected chi connectivity index (χ0v) is 26.7. The molecule has 1 N–H and O–H groups in total. The number of hydrogen-bond acceptors (Lipinski definition) is 6. The summed E-state index contributed by atoms with van der Waals surface area (Å²) in [5, 5.41) is 9.50. The van der Waals surface area contributed by atoms with Gasteiger partial charge in [0.15, 0.2) is 5.65 Å². The topological polar surface area (TPSA) is 103 Å². The molecule has 0 bridgehead atoms. The quantitative estimate of drug-likeness (QED) is 0.159. The molecule has 2 heterocycles. The number of anilines is 1. The summed E-state index contributed by atoms with van der Waals surface area (Å²) >= 11 is 0. The predicted octanol–water partition coefficient (Wildman–Crippen LogP) is 9.07. The summed E-state index contributed by atoms with van der Waals surface area (Å²) in [7, 11) is 0. The van der Waals surface area contributed by atoms with Crippen molar-refractivity contribution < 1.29 is 42.1 Å². The van der Waals surface area contributed by atoms with E-state index in [0.29, 0.717) is 34.9 Å². The molecule has 250 valence electrons. The fourth-order valence-electron chi connectivity index (χ4n) is 4.92. The molecular weight excluding hydrogens is 627 g/mol. The van der Waals surface area contributed by atoms with Crippen LogP contribution in [0.4, 0.5) is 23.7 Å². The van der Waals surface area contributed by atoms with Crippen LogP contribution in [0.15, 0.2) is 91.3 Å². The summed E-state index contributed by atoms with van der Waals surface area (Å²) in [5.41, 5.74) is 1.89. The van der Waals surface area contributed by atoms with E-state index in [1.54, 1.807) is 74.7 Å². The van der Waals surface area contributed by atoms with Gasteiger partial charge < -0.3 is 19.3 Å². The average Bonchev–Trinajstić information content (AvgIpc) is 3.44. The summed E-state index contributed by atoms with van der Waals surface area (Å²) in [4.78, 5) is 30.4. The van der Waals surface area contributed by atoms with Crippen LogP contribution in [0.3, 0.4) is 0 Å². The van der Waals surface area contributed by atoms with E-state index in [9.17, 15) is 27.9 Å². The van der Waals surface area contributed by atoms with Gasteiger partial charge in [-0.05, 0) is 75.2 Å². The first-order valence-corrected chi connectivity index (χ1v) is 15.0. The number of nitrogens with zero attached hydrogens (tertiary/aromatic N) is 3. The van der Waals surface area contributed by atoms with Crippen LogP contribution < -0.4 is 14.4 Å². The molecule has 0 radical (unpaired) electrons. The van der Waals surface area contributed by atoms with Crippen LogP contribution in [-0.4, -0.2) is 44.9 Å². The highest BCUT2D eigenvalue weighted by Gasteiger charge is 2.33. The van der Waals surface area contributed by atoms with Crippen molar-refractivity contribution in [2.24, 2.45) is 0 Å². The number of ether oxygens (including phenoxy) is 3. The van der Waals surface area contributed by atoms with Crippen molar-refractivity contribution in [3.05, 3.63) is 108 Å². The number of aryl methyl sites for hydroxylation is 1. The van der Waals surface area contributed by atoms with Crippen molar-refractivity contribution >= 4 is 23.4 Å². The van der Waals surface area contributed by atoms with E-state index in [-0.39, 0.29) is 22.6 Å². The van der Waals surface area contributed by atoms with Crippen LogP contribution in [-0.2, 0) is 11.3 Å². The summed E-state index contributed by atoms with van der Waals surface area (Å²) < 4.78 is 59.5. The molecular formula is C36H34F3N3O6. The van der Waals surface area contributed by atoms with Gasteiger partial charge >= 0.3 is 18.2 Å². The Morgan fingerprint density at radius 2 is 1.60 bits per heavy atom. The van der Waals surface area contributed by atoms with Gasteiger partial charge in [-0.2, -0.15) is 13.2 Å². The number of carbonyl (C=O) groups is 2. The van der Waals surface area contributed by atoms with E-state index in [4.69, 9.17) is 14.2 Å². The number of hydrogen-bond donors (Lipinski definition) is 1. The number of imidazole rings is 1. The number of amides is 1. The number of benzene rings is 3. The fraction of sp³-hybridized carbons (Fsp3) is 0.250. The van der Waals surface area contributed by atoms with Gasteiger partial charge in [-0.1, -0.05) is 36.4 Å². The third kappa shape index (κ3) is 8.44. The Morgan fingerprint density at radius 1 is 0.917 bits per heavy atom. The smallest absolute Gasteiger partial charge is 0.414 e. The minimum absolute atomic E-state index is 0.0268. The first-order valence-electron chi connectivity index (χ1n) is 15.0. The van der Waals surface area contributed by atoms with E-state index >= 15 is 0 Å². The molecule has 9 nitrogen and oxygen atoms in total. The SMILES string of the molecule is Cc1cc(-c2cnc3c(N(CCC(F)(F)F)C(=O)OC(C)(C)C)cc(Oc4ccc(OCc5ccccc5)cc4)cn23)ccc1C(=O)O. The number of carboxylic acids is 1. The van der Waals surface area contributed by atoms with Crippen LogP contribution >= 0.6 is 0 Å². The van der Waals surface area contributed by atoms with E-state index in [2.05, 4.69) is 4.98 Å². The van der Waals surface area contributed by atoms with Crippen molar-refractivity contribution in [2.75, 3.05) is 11.4 Å². The van der Waals surface area contributed by atoms with Gasteiger partial charge in [0.05, 0.1) is 35.8 Å². The third-order valence-electron chi connectivity index (χ3n) is 7.15. The Balaban J connectivity index is 1.56. The van der Waals surface area contributed by atoms with Gasteiger partial charge in [-0.15, -0.1) is 0 Å². The Bertz CT molecular complexity index is 1920. The number of halogens is 3. The monoisotopic (exact) mass is 661 g/mol. The molecule has 5 aromatic rings. The van der Waals surface area contributed by atoms with Crippen molar-refractivity contribution in [3.63, 3.8) is 0 Å². The minimum Gasteiger partial charge on any atom is -0.489 e. The molecule has 12 heteroatoms. The number of aromatic carboxylic acids is 1. The molecule has 48 heavy (non-hydrogen) atoms. The number of alkyl halides is 3. The predicted molar refractivity (Wildman–Crippen MR) is 174 cm³/mol. The van der Waals surface area contributed by atoms with Gasteiger partial charge in [0.2, 0.25) is 0 Å². The standard InChI is InChI=1S/C36H34F3N3O6/c1-23-18-25(10-15-29(23)33(43)44)31-20-40-32-30(41(17-16-36(37,38)39)34(45)48-35(2,3)4)19-28(21-42(31)32)47-27-13-11-26(12-14-27)46-22-24-8-6-5-7-9-24/h5-15,18-21H,16-17,22H2,1-4H3,(H,43,44). The lowest BCUT2D eigenvalue weighted by Gasteiger charge is -2.28. The second-order valence-electron chi connectivity index (χ2n) is 12.1. The first kappa shape index (κ1) is 33.8. The molecule has 1 amide bonds. The second kappa shape index (κ2) is 13.7. The highest BCUT2D eigenvalue weighted by Crippen LogP contribution is 2.35. The molecule has 0 atom stereocenters. The van der Waals surface area contributed by atoms with Crippen molar-refractivity contribution in [3.8, 4) is 28.5 Å². The van der Waals surface area contributed by atoms with Crippen molar-refractivity contribution in [1.82, 2.24) is 9.38 Å². The minimum atomic E-state index is -4.56. The number of rotatable bonds is 10. The zero-order valence-electron chi connectivity index (χ0n) is 26.7. The number of aromatic nitrogens is 2. The van der Waals surface area contributed by atoms with Gasteiger partial charge in [-0.25, -0.2) is 14.6 Å². The highest BCUT2D eigenvalue weighted by molar-refractivity contribution is 5.94. The van der Waals surface area contributed by atoms with Gasteiger partial charge in [0.25, 0.3) is 0 Å². The average molecular weight is 662 g/mol. The van der Waals surface area contributed by atoms with E-state index < -0.39 is 36.8 Å². The molecule has 3 aromatic carbocycles. The Morgan fingerprint density at radius 3 is 2.23 bits per heavy atom. The molecule has 0 spiro atoms. The summed E-state index contributed by atoms with van der Waals surface area (Å²) in [5.74, 6) is 0.107. The molecule has 5 rings (SSSR count). The van der Waals surface area contributed by atoms with E-state index in [0.717, 1.165) is 10.5 Å². The lowest BCUT2D eigenvalue weighted by Crippen LogP contribution is -2.39. The maximum atomic E-state index is 13.5. The molecule has 0 unspecified atom stereocenters. The van der Waals surface area contributed by atoms with Crippen LogP contribution in [0.1, 0.15) is 48.7 Å². The van der Waals surface area contributed by atoms with Crippen molar-refractivity contribution in [2.45, 2.75) is 52.5 Å². The second-order valence-corrected chi connectivity index (χ2v) is 12.1. The molecule has 0 saturated heterocycles. The lowest BCUT2D eigenvalue weighted by molar-refractivity contribution is -0.132. The number of carbonyl (C=O) groups excluding carboxylic acids is 1. The molecule has 0 fully saturated rings. The number of pyridine rings is 1. The van der Waals surface area contributed by atoms with Crippen molar-refractivity contribution in [1.29, 1.82) is 0 Å². The number of fused-ring (bicyclic) bond motifs is 1. The van der Waals surface area contributed by atoms with Crippen LogP contribution in [0.5, 0.6) is 17.2 Å². The Hall–Kier alpha value is -5.52. The molecule has 0 aliphatic carbocycles. The third-order valence-corrected chi connectivity index (χ3v) is 7.15. The van der Waals surface area contributed by atoms with E-state index in [1.807, 2.05) is 30.3 Å². The van der Waals surface area contributed by atoms with Gasteiger partial charge in [0, 0.05) is 18.2 Å². The Labute approximate surface area is 275 Å². The highest BCUT2D eigenvalue weighted by atomic mass is 19.4. The van der Waals surface area contributed by atoms with Crippen LogP contribution in [0.25, 0.3) is 16.9 Å². The maximum absolute atomic E-state index is 13.5. The lowest BCUT2D eigenvalue weighted by atomic mass is 10.0.